The van der Waals surface area contributed by atoms with Crippen LogP contribution in [0.4, 0.5) is 4.39 Å². The van der Waals surface area contributed by atoms with Crippen molar-refractivity contribution in [2.45, 2.75) is 31.8 Å². The van der Waals surface area contributed by atoms with Crippen molar-refractivity contribution in [3.63, 3.8) is 0 Å². The number of carbonyl (C=O) groups is 1. The van der Waals surface area contributed by atoms with Crippen molar-refractivity contribution in [3.8, 4) is 5.75 Å². The van der Waals surface area contributed by atoms with Gasteiger partial charge in [-0.2, -0.15) is 0 Å². The van der Waals surface area contributed by atoms with Gasteiger partial charge in [0.2, 0.25) is 0 Å². The molecule has 0 fully saturated rings. The predicted octanol–water partition coefficient (Wildman–Crippen LogP) is 2.54. The molecule has 2 aromatic rings. The van der Waals surface area contributed by atoms with Crippen LogP contribution in [0.3, 0.4) is 0 Å². The highest BCUT2D eigenvalue weighted by Gasteiger charge is 2.19. The monoisotopic (exact) mass is 366 g/mol. The second-order valence-corrected chi connectivity index (χ2v) is 7.34. The van der Waals surface area contributed by atoms with E-state index in [9.17, 15) is 17.6 Å². The van der Waals surface area contributed by atoms with Crippen LogP contribution in [0.1, 0.15) is 29.8 Å². The normalized spacial score (nSPS) is 11.4. The van der Waals surface area contributed by atoms with Gasteiger partial charge >= 0.3 is 0 Å². The van der Waals surface area contributed by atoms with Gasteiger partial charge in [0.15, 0.2) is 0 Å². The highest BCUT2D eigenvalue weighted by Crippen LogP contribution is 2.18. The summed E-state index contributed by atoms with van der Waals surface area (Å²) in [4.78, 5) is 13.5. The standard InChI is InChI=1S/C17H19FN2O4S/c1-11(2)24-14-9-12(3)8-13(10-14)17(21)19-20-25(22,23)16-7-5-4-6-15(16)18/h4-11,20H,1-3H3,(H,19,21). The maximum atomic E-state index is 13.6. The summed E-state index contributed by atoms with van der Waals surface area (Å²) in [6.07, 6.45) is -0.0720. The number of halogens is 1. The van der Waals surface area contributed by atoms with Crippen LogP contribution in [0.15, 0.2) is 47.4 Å². The third-order valence-corrected chi connectivity index (χ3v) is 4.39. The van der Waals surface area contributed by atoms with Crippen LogP contribution >= 0.6 is 0 Å². The molecule has 0 bridgehead atoms. The van der Waals surface area contributed by atoms with E-state index in [-0.39, 0.29) is 11.7 Å². The number of sulfonamides is 1. The Morgan fingerprint density at radius 2 is 1.84 bits per heavy atom. The van der Waals surface area contributed by atoms with Gasteiger partial charge in [-0.05, 0) is 56.7 Å². The van der Waals surface area contributed by atoms with Crippen molar-refractivity contribution >= 4 is 15.9 Å². The van der Waals surface area contributed by atoms with Crippen molar-refractivity contribution in [1.82, 2.24) is 10.3 Å². The van der Waals surface area contributed by atoms with Crippen LogP contribution in [0.25, 0.3) is 0 Å². The molecule has 25 heavy (non-hydrogen) atoms. The van der Waals surface area contributed by atoms with E-state index in [1.54, 1.807) is 19.1 Å². The van der Waals surface area contributed by atoms with Crippen molar-refractivity contribution in [2.24, 2.45) is 0 Å². The van der Waals surface area contributed by atoms with Crippen LogP contribution in [0.2, 0.25) is 0 Å². The molecule has 0 saturated heterocycles. The molecule has 0 spiro atoms. The average Bonchev–Trinajstić information content (AvgIpc) is 2.51. The minimum atomic E-state index is -4.22. The van der Waals surface area contributed by atoms with Gasteiger partial charge in [0, 0.05) is 5.56 Å². The number of hydrogen-bond acceptors (Lipinski definition) is 4. The molecule has 0 aliphatic heterocycles. The van der Waals surface area contributed by atoms with Crippen LogP contribution < -0.4 is 15.0 Å². The molecule has 0 aliphatic carbocycles. The van der Waals surface area contributed by atoms with Crippen LogP contribution in [0, 0.1) is 12.7 Å². The molecular formula is C17H19FN2O4S. The quantitative estimate of drug-likeness (QED) is 0.770. The van der Waals surface area contributed by atoms with Crippen LogP contribution in [-0.2, 0) is 10.0 Å². The van der Waals surface area contributed by atoms with Gasteiger partial charge in [-0.3, -0.25) is 10.2 Å². The van der Waals surface area contributed by atoms with Crippen molar-refractivity contribution in [1.29, 1.82) is 0 Å². The van der Waals surface area contributed by atoms with Gasteiger partial charge < -0.3 is 4.74 Å². The third-order valence-electron chi connectivity index (χ3n) is 3.11. The van der Waals surface area contributed by atoms with E-state index in [2.05, 4.69) is 5.43 Å². The molecule has 2 rings (SSSR count). The van der Waals surface area contributed by atoms with Crippen molar-refractivity contribution in [2.75, 3.05) is 0 Å². The van der Waals surface area contributed by atoms with Gasteiger partial charge in [0.05, 0.1) is 6.10 Å². The molecule has 0 aromatic heterocycles. The number of hydrogen-bond donors (Lipinski definition) is 2. The zero-order valence-corrected chi connectivity index (χ0v) is 14.9. The maximum Gasteiger partial charge on any atom is 0.266 e. The molecule has 2 aromatic carbocycles. The summed E-state index contributed by atoms with van der Waals surface area (Å²) in [6, 6.07) is 9.73. The largest absolute Gasteiger partial charge is 0.491 e. The second-order valence-electron chi connectivity index (χ2n) is 5.69. The average molecular weight is 366 g/mol. The van der Waals surface area contributed by atoms with Gasteiger partial charge in [-0.25, -0.2) is 12.8 Å². The fourth-order valence-corrected chi connectivity index (χ4v) is 3.04. The first-order valence-electron chi connectivity index (χ1n) is 7.54. The Morgan fingerprint density at radius 1 is 1.16 bits per heavy atom. The smallest absolute Gasteiger partial charge is 0.266 e. The van der Waals surface area contributed by atoms with E-state index in [0.29, 0.717) is 5.75 Å². The number of amides is 1. The number of nitrogens with one attached hydrogen (secondary N) is 2. The third kappa shape index (κ3) is 5.01. The summed E-state index contributed by atoms with van der Waals surface area (Å²) >= 11 is 0. The lowest BCUT2D eigenvalue weighted by Crippen LogP contribution is -2.41. The maximum absolute atomic E-state index is 13.6. The lowest BCUT2D eigenvalue weighted by Gasteiger charge is -2.13. The van der Waals surface area contributed by atoms with E-state index >= 15 is 0 Å². The van der Waals surface area contributed by atoms with Crippen molar-refractivity contribution in [3.05, 3.63) is 59.4 Å². The Bertz CT molecular complexity index is 882. The summed E-state index contributed by atoms with van der Waals surface area (Å²) < 4.78 is 43.3. The van der Waals surface area contributed by atoms with Crippen LogP contribution in [0.5, 0.6) is 5.75 Å². The van der Waals surface area contributed by atoms with E-state index in [0.717, 1.165) is 17.7 Å². The molecule has 134 valence electrons. The minimum Gasteiger partial charge on any atom is -0.491 e. The summed E-state index contributed by atoms with van der Waals surface area (Å²) in [7, 11) is -4.22. The topological polar surface area (TPSA) is 84.5 Å². The first kappa shape index (κ1) is 18.9. The number of ether oxygens (including phenoxy) is 1. The van der Waals surface area contributed by atoms with Crippen LogP contribution in [-0.4, -0.2) is 20.4 Å². The summed E-state index contributed by atoms with van der Waals surface area (Å²) in [5.74, 6) is -1.10. The van der Waals surface area contributed by atoms with Gasteiger partial charge in [0.25, 0.3) is 15.9 Å². The molecule has 0 saturated carbocycles. The van der Waals surface area contributed by atoms with E-state index in [1.807, 2.05) is 18.7 Å². The fourth-order valence-electron chi connectivity index (χ4n) is 2.12. The second kappa shape index (κ2) is 7.62. The molecule has 1 amide bonds. The zero-order valence-electron chi connectivity index (χ0n) is 14.0. The first-order valence-corrected chi connectivity index (χ1v) is 9.02. The van der Waals surface area contributed by atoms with E-state index < -0.39 is 26.6 Å². The molecule has 0 aliphatic rings. The predicted molar refractivity (Wildman–Crippen MR) is 91.1 cm³/mol. The molecule has 0 radical (unpaired) electrons. The Kier molecular flexibility index (Phi) is 5.76. The SMILES string of the molecule is Cc1cc(OC(C)C)cc(C(=O)NNS(=O)(=O)c2ccccc2F)c1. The lowest BCUT2D eigenvalue weighted by atomic mass is 10.1. The summed E-state index contributed by atoms with van der Waals surface area (Å²) in [5.41, 5.74) is 3.07. The summed E-state index contributed by atoms with van der Waals surface area (Å²) in [6.45, 7) is 5.49. The van der Waals surface area contributed by atoms with Gasteiger partial charge in [-0.1, -0.05) is 12.1 Å². The highest BCUT2D eigenvalue weighted by atomic mass is 32.2. The highest BCUT2D eigenvalue weighted by molar-refractivity contribution is 7.89. The molecular weight excluding hydrogens is 347 g/mol. The summed E-state index contributed by atoms with van der Waals surface area (Å²) in [5, 5.41) is 0. The minimum absolute atomic E-state index is 0.0720. The van der Waals surface area contributed by atoms with Gasteiger partial charge in [0.1, 0.15) is 16.5 Å². The molecule has 0 atom stereocenters. The van der Waals surface area contributed by atoms with Gasteiger partial charge in [-0.15, -0.1) is 4.83 Å². The molecule has 0 unspecified atom stereocenters. The lowest BCUT2D eigenvalue weighted by molar-refractivity contribution is 0.0944. The molecule has 2 N–H and O–H groups in total. The fraction of sp³-hybridized carbons (Fsp3) is 0.235. The molecule has 6 nitrogen and oxygen atoms in total. The van der Waals surface area contributed by atoms with E-state index in [1.165, 1.54) is 18.2 Å². The molecule has 0 heterocycles. The van der Waals surface area contributed by atoms with E-state index in [4.69, 9.17) is 4.74 Å². The number of aryl methyl sites for hydroxylation is 1. The first-order chi connectivity index (χ1) is 11.7. The Balaban J connectivity index is 2.15. The Morgan fingerprint density at radius 3 is 2.48 bits per heavy atom. The number of hydrazine groups is 1. The number of benzene rings is 2. The Labute approximate surface area is 146 Å². The number of carbonyl (C=O) groups excluding carboxylic acids is 1. The zero-order chi connectivity index (χ0) is 18.6. The van der Waals surface area contributed by atoms with Crippen molar-refractivity contribution < 1.29 is 22.3 Å². The molecule has 8 heteroatoms. The number of rotatable bonds is 6. The Hall–Kier alpha value is -2.45.